The first-order valence-corrected chi connectivity index (χ1v) is 10.8. The second-order valence-corrected chi connectivity index (χ2v) is 8.66. The lowest BCUT2D eigenvalue weighted by molar-refractivity contribution is -0.161. The molecule has 2 aliphatic rings. The van der Waals surface area contributed by atoms with Crippen LogP contribution < -0.4 is 0 Å². The topological polar surface area (TPSA) is 45.7 Å². The number of piperidine rings is 1. The first kappa shape index (κ1) is 20.3. The molecular weight excluding hydrogens is 386 g/mol. The maximum atomic E-state index is 13.0. The Bertz CT molecular complexity index is 820. The number of halogens is 1. The molecule has 154 valence electrons. The van der Waals surface area contributed by atoms with E-state index in [4.69, 9.17) is 16.3 Å². The number of pyridine rings is 1. The second-order valence-electron chi connectivity index (χ2n) is 8.22. The van der Waals surface area contributed by atoms with Crippen molar-refractivity contribution in [1.29, 1.82) is 0 Å². The third-order valence-electron chi connectivity index (χ3n) is 5.96. The van der Waals surface area contributed by atoms with Crippen molar-refractivity contribution in [2.75, 3.05) is 32.7 Å². The molecule has 1 spiro atoms. The number of nitrogens with zero attached hydrogens (tertiary/aromatic N) is 3. The fraction of sp³-hybridized carbons (Fsp3) is 0.478. The van der Waals surface area contributed by atoms with Gasteiger partial charge in [-0.2, -0.15) is 0 Å². The zero-order valence-electron chi connectivity index (χ0n) is 16.9. The number of rotatable bonds is 4. The molecule has 0 saturated carbocycles. The Labute approximate surface area is 177 Å². The molecule has 3 heterocycles. The van der Waals surface area contributed by atoms with Crippen molar-refractivity contribution in [1.82, 2.24) is 14.8 Å². The van der Waals surface area contributed by atoms with E-state index < -0.39 is 0 Å². The van der Waals surface area contributed by atoms with E-state index in [-0.39, 0.29) is 17.6 Å². The molecule has 2 aromatic rings. The Balaban J connectivity index is 1.34. The number of aromatic nitrogens is 1. The number of likely N-dealkylation sites (tertiary alicyclic amines) is 1. The van der Waals surface area contributed by atoms with E-state index in [1.54, 1.807) is 6.20 Å². The molecule has 5 nitrogen and oxygen atoms in total. The Morgan fingerprint density at radius 1 is 1.21 bits per heavy atom. The summed E-state index contributed by atoms with van der Waals surface area (Å²) in [5.74, 6) is 0.108. The Hall–Kier alpha value is -1.95. The van der Waals surface area contributed by atoms with Crippen LogP contribution in [-0.4, -0.2) is 65.1 Å². The highest BCUT2D eigenvalue weighted by molar-refractivity contribution is 6.30. The summed E-state index contributed by atoms with van der Waals surface area (Å²) in [6, 6.07) is 13.4. The van der Waals surface area contributed by atoms with Crippen LogP contribution in [0.25, 0.3) is 0 Å². The zero-order chi connectivity index (χ0) is 20.3. The maximum Gasteiger partial charge on any atom is 0.254 e. The number of benzene rings is 1. The van der Waals surface area contributed by atoms with E-state index in [1.807, 2.05) is 47.4 Å². The van der Waals surface area contributed by atoms with E-state index in [0.717, 1.165) is 50.2 Å². The zero-order valence-corrected chi connectivity index (χ0v) is 17.6. The van der Waals surface area contributed by atoms with Gasteiger partial charge in [-0.25, -0.2) is 0 Å². The predicted octanol–water partition coefficient (Wildman–Crippen LogP) is 3.67. The highest BCUT2D eigenvalue weighted by atomic mass is 35.5. The van der Waals surface area contributed by atoms with E-state index >= 15 is 0 Å². The van der Waals surface area contributed by atoms with Crippen molar-refractivity contribution < 1.29 is 9.53 Å². The van der Waals surface area contributed by atoms with Crippen molar-refractivity contribution in [3.05, 3.63) is 64.9 Å². The molecule has 2 saturated heterocycles. The summed E-state index contributed by atoms with van der Waals surface area (Å²) >= 11 is 5.91. The summed E-state index contributed by atoms with van der Waals surface area (Å²) < 4.78 is 6.41. The maximum absolute atomic E-state index is 13.0. The summed E-state index contributed by atoms with van der Waals surface area (Å²) in [7, 11) is 0. The highest BCUT2D eigenvalue weighted by Crippen LogP contribution is 2.33. The average molecular weight is 414 g/mol. The summed E-state index contributed by atoms with van der Waals surface area (Å²) in [5, 5.41) is 0.673. The van der Waals surface area contributed by atoms with Gasteiger partial charge in [-0.3, -0.25) is 9.78 Å². The molecule has 1 aromatic heterocycles. The molecule has 1 aromatic carbocycles. The summed E-state index contributed by atoms with van der Waals surface area (Å²) in [6.07, 6.45) is 4.58. The van der Waals surface area contributed by atoms with Crippen LogP contribution >= 0.6 is 11.6 Å². The fourth-order valence-electron chi connectivity index (χ4n) is 4.43. The van der Waals surface area contributed by atoms with Gasteiger partial charge in [0.2, 0.25) is 0 Å². The largest absolute Gasteiger partial charge is 0.368 e. The highest BCUT2D eigenvalue weighted by Gasteiger charge is 2.43. The van der Waals surface area contributed by atoms with Crippen LogP contribution in [-0.2, 0) is 11.2 Å². The fourth-order valence-corrected chi connectivity index (χ4v) is 4.54. The van der Waals surface area contributed by atoms with Gasteiger partial charge in [0, 0.05) is 50.1 Å². The molecule has 2 fully saturated rings. The second kappa shape index (κ2) is 8.82. The minimum Gasteiger partial charge on any atom is -0.368 e. The molecule has 6 heteroatoms. The summed E-state index contributed by atoms with van der Waals surface area (Å²) in [5.41, 5.74) is 1.60. The molecular formula is C23H28ClN3O2. The lowest BCUT2D eigenvalue weighted by Gasteiger charge is -2.49. The Morgan fingerprint density at radius 3 is 2.66 bits per heavy atom. The molecule has 2 aliphatic heterocycles. The van der Waals surface area contributed by atoms with Crippen molar-refractivity contribution in [3.8, 4) is 0 Å². The van der Waals surface area contributed by atoms with Crippen molar-refractivity contribution in [2.24, 2.45) is 0 Å². The Kier molecular flexibility index (Phi) is 6.18. The van der Waals surface area contributed by atoms with Gasteiger partial charge in [-0.15, -0.1) is 0 Å². The van der Waals surface area contributed by atoms with Gasteiger partial charge in [0.25, 0.3) is 5.91 Å². The number of ether oxygens (including phenoxy) is 1. The molecule has 0 radical (unpaired) electrons. The van der Waals surface area contributed by atoms with Crippen molar-refractivity contribution in [2.45, 2.75) is 37.9 Å². The van der Waals surface area contributed by atoms with E-state index in [0.29, 0.717) is 18.1 Å². The molecule has 1 atom stereocenters. The van der Waals surface area contributed by atoms with Gasteiger partial charge < -0.3 is 14.5 Å². The molecule has 1 amide bonds. The van der Waals surface area contributed by atoms with Crippen LogP contribution in [0.5, 0.6) is 0 Å². The van der Waals surface area contributed by atoms with Crippen LogP contribution in [0.15, 0.2) is 48.7 Å². The van der Waals surface area contributed by atoms with Crippen LogP contribution in [0.1, 0.15) is 35.8 Å². The first-order valence-electron chi connectivity index (χ1n) is 10.4. The number of hydrogen-bond acceptors (Lipinski definition) is 4. The standard InChI is InChI=1S/C23H28ClN3O2/c1-18-16-27(22(28)19-5-3-2-4-6-19)17-23(29-18)10-13-26(14-11-23)12-9-21-8-7-20(24)15-25-21/h2-8,15,18H,9-14,16-17H2,1H3. The minimum absolute atomic E-state index is 0.0567. The molecule has 4 rings (SSSR count). The van der Waals surface area contributed by atoms with Gasteiger partial charge in [-0.05, 0) is 44.0 Å². The lowest BCUT2D eigenvalue weighted by Crippen LogP contribution is -2.60. The predicted molar refractivity (Wildman–Crippen MR) is 114 cm³/mol. The minimum atomic E-state index is -0.225. The van der Waals surface area contributed by atoms with Crippen molar-refractivity contribution in [3.63, 3.8) is 0 Å². The lowest BCUT2D eigenvalue weighted by atomic mass is 9.88. The van der Waals surface area contributed by atoms with Crippen LogP contribution in [0.4, 0.5) is 0 Å². The van der Waals surface area contributed by atoms with E-state index in [9.17, 15) is 4.79 Å². The molecule has 0 bridgehead atoms. The average Bonchev–Trinajstić information content (AvgIpc) is 2.74. The normalized spacial score (nSPS) is 22.0. The summed E-state index contributed by atoms with van der Waals surface area (Å²) in [4.78, 5) is 21.8. The van der Waals surface area contributed by atoms with Crippen LogP contribution in [0, 0.1) is 0 Å². The van der Waals surface area contributed by atoms with Crippen LogP contribution in [0.3, 0.4) is 0 Å². The third-order valence-corrected chi connectivity index (χ3v) is 6.18. The van der Waals surface area contributed by atoms with E-state index in [1.165, 1.54) is 0 Å². The van der Waals surface area contributed by atoms with Gasteiger partial charge in [0.05, 0.1) is 23.3 Å². The SMILES string of the molecule is CC1CN(C(=O)c2ccccc2)CC2(CCN(CCc3ccc(Cl)cn3)CC2)O1. The number of amides is 1. The first-order chi connectivity index (χ1) is 14.0. The van der Waals surface area contributed by atoms with Crippen LogP contribution in [0.2, 0.25) is 5.02 Å². The van der Waals surface area contributed by atoms with Gasteiger partial charge >= 0.3 is 0 Å². The quantitative estimate of drug-likeness (QED) is 0.767. The van der Waals surface area contributed by atoms with Gasteiger partial charge in [0.15, 0.2) is 0 Å². The monoisotopic (exact) mass is 413 g/mol. The molecule has 0 aliphatic carbocycles. The van der Waals surface area contributed by atoms with Gasteiger partial charge in [-0.1, -0.05) is 29.8 Å². The number of carbonyl (C=O) groups excluding carboxylic acids is 1. The number of carbonyl (C=O) groups is 1. The molecule has 1 unspecified atom stereocenters. The van der Waals surface area contributed by atoms with Crippen molar-refractivity contribution >= 4 is 17.5 Å². The molecule has 0 N–H and O–H groups in total. The van der Waals surface area contributed by atoms with Gasteiger partial charge in [0.1, 0.15) is 0 Å². The summed E-state index contributed by atoms with van der Waals surface area (Å²) in [6.45, 7) is 6.35. The third kappa shape index (κ3) is 4.97. The van der Waals surface area contributed by atoms with E-state index in [2.05, 4.69) is 16.8 Å². The Morgan fingerprint density at radius 2 is 1.97 bits per heavy atom. The molecule has 29 heavy (non-hydrogen) atoms. The number of morpholine rings is 1. The smallest absolute Gasteiger partial charge is 0.254 e. The number of hydrogen-bond donors (Lipinski definition) is 0.